The van der Waals surface area contributed by atoms with Crippen LogP contribution in [-0.2, 0) is 6.54 Å². The van der Waals surface area contributed by atoms with E-state index in [1.54, 1.807) is 0 Å². The summed E-state index contributed by atoms with van der Waals surface area (Å²) in [5.74, 6) is 1.62. The van der Waals surface area contributed by atoms with Crippen molar-refractivity contribution in [2.24, 2.45) is 0 Å². The second kappa shape index (κ2) is 4.20. The Morgan fingerprint density at radius 3 is 2.82 bits per heavy atom. The minimum atomic E-state index is -0.462. The molecule has 0 radical (unpaired) electrons. The van der Waals surface area contributed by atoms with Crippen molar-refractivity contribution in [1.82, 2.24) is 5.32 Å². The number of aliphatic hydroxyl groups is 1. The van der Waals surface area contributed by atoms with Gasteiger partial charge in [0, 0.05) is 13.1 Å². The molecule has 1 aromatic rings. The lowest BCUT2D eigenvalue weighted by molar-refractivity contribution is -0.0314. The van der Waals surface area contributed by atoms with Gasteiger partial charge >= 0.3 is 0 Å². The first kappa shape index (κ1) is 10.9. The average Bonchev–Trinajstić information content (AvgIpc) is 2.74. The van der Waals surface area contributed by atoms with Crippen LogP contribution in [0.3, 0.4) is 0 Å². The van der Waals surface area contributed by atoms with Crippen molar-refractivity contribution in [1.29, 1.82) is 0 Å². The fourth-order valence-electron chi connectivity index (χ4n) is 2.25. The van der Waals surface area contributed by atoms with Gasteiger partial charge in [0.05, 0.1) is 5.60 Å². The van der Waals surface area contributed by atoms with Gasteiger partial charge in [-0.25, -0.2) is 0 Å². The van der Waals surface area contributed by atoms with Gasteiger partial charge in [-0.2, -0.15) is 0 Å². The van der Waals surface area contributed by atoms with E-state index >= 15 is 0 Å². The second-order valence-electron chi connectivity index (χ2n) is 4.87. The monoisotopic (exact) mass is 235 g/mol. The number of hydrogen-bond acceptors (Lipinski definition) is 4. The van der Waals surface area contributed by atoms with Crippen molar-refractivity contribution in [2.75, 3.05) is 13.3 Å². The molecule has 17 heavy (non-hydrogen) atoms. The molecular formula is C13H17NO3. The first-order valence-corrected chi connectivity index (χ1v) is 6.07. The predicted octanol–water partition coefficient (Wildman–Crippen LogP) is 1.42. The molecule has 0 spiro atoms. The highest BCUT2D eigenvalue weighted by Gasteiger charge is 2.33. The van der Waals surface area contributed by atoms with Gasteiger partial charge in [0.2, 0.25) is 6.79 Å². The van der Waals surface area contributed by atoms with Gasteiger partial charge in [0.15, 0.2) is 11.5 Å². The topological polar surface area (TPSA) is 50.7 Å². The molecule has 0 bridgehead atoms. The highest BCUT2D eigenvalue weighted by atomic mass is 16.7. The summed E-state index contributed by atoms with van der Waals surface area (Å²) in [4.78, 5) is 0. The van der Waals surface area contributed by atoms with Gasteiger partial charge in [-0.05, 0) is 37.0 Å². The summed E-state index contributed by atoms with van der Waals surface area (Å²) in [6.07, 6.45) is 2.98. The molecule has 4 nitrogen and oxygen atoms in total. The molecule has 1 heterocycles. The minimum Gasteiger partial charge on any atom is -0.454 e. The maximum Gasteiger partial charge on any atom is 0.231 e. The second-order valence-corrected chi connectivity index (χ2v) is 4.87. The Kier molecular flexibility index (Phi) is 2.68. The molecule has 3 rings (SSSR count). The Balaban J connectivity index is 1.54. The highest BCUT2D eigenvalue weighted by molar-refractivity contribution is 5.44. The minimum absolute atomic E-state index is 0.311. The molecule has 0 atom stereocenters. The van der Waals surface area contributed by atoms with Gasteiger partial charge in [-0.3, -0.25) is 0 Å². The fraction of sp³-hybridized carbons (Fsp3) is 0.538. The largest absolute Gasteiger partial charge is 0.454 e. The Labute approximate surface area is 101 Å². The molecule has 1 aromatic carbocycles. The maximum atomic E-state index is 9.94. The van der Waals surface area contributed by atoms with Crippen molar-refractivity contribution in [3.8, 4) is 11.5 Å². The predicted molar refractivity (Wildman–Crippen MR) is 63.1 cm³/mol. The van der Waals surface area contributed by atoms with Crippen LogP contribution in [0, 0.1) is 0 Å². The van der Waals surface area contributed by atoms with Crippen LogP contribution < -0.4 is 14.8 Å². The van der Waals surface area contributed by atoms with Crippen LogP contribution in [0.15, 0.2) is 18.2 Å². The van der Waals surface area contributed by atoms with Crippen molar-refractivity contribution in [3.05, 3.63) is 23.8 Å². The molecule has 1 fully saturated rings. The normalized spacial score (nSPS) is 20.1. The lowest BCUT2D eigenvalue weighted by Gasteiger charge is -2.36. The Bertz CT molecular complexity index is 415. The van der Waals surface area contributed by atoms with Crippen molar-refractivity contribution in [2.45, 2.75) is 31.4 Å². The van der Waals surface area contributed by atoms with Crippen molar-refractivity contribution >= 4 is 0 Å². The van der Waals surface area contributed by atoms with E-state index in [0.29, 0.717) is 13.3 Å². The van der Waals surface area contributed by atoms with Crippen LogP contribution in [0.25, 0.3) is 0 Å². The number of nitrogens with one attached hydrogen (secondary N) is 1. The van der Waals surface area contributed by atoms with E-state index in [2.05, 4.69) is 5.32 Å². The van der Waals surface area contributed by atoms with Gasteiger partial charge < -0.3 is 19.9 Å². The van der Waals surface area contributed by atoms with E-state index in [1.165, 1.54) is 0 Å². The number of benzene rings is 1. The standard InChI is InChI=1S/C13H17NO3/c15-13(4-1-5-13)8-14-7-10-2-3-11-12(6-10)17-9-16-11/h2-3,6,14-15H,1,4-5,7-9H2. The zero-order valence-electron chi connectivity index (χ0n) is 9.74. The van der Waals surface area contributed by atoms with Crippen LogP contribution in [0.2, 0.25) is 0 Å². The van der Waals surface area contributed by atoms with Gasteiger partial charge in [0.25, 0.3) is 0 Å². The molecule has 1 saturated carbocycles. The number of ether oxygens (including phenoxy) is 2. The molecule has 0 unspecified atom stereocenters. The highest BCUT2D eigenvalue weighted by Crippen LogP contribution is 2.33. The first-order valence-electron chi connectivity index (χ1n) is 6.07. The molecule has 92 valence electrons. The molecule has 2 N–H and O–H groups in total. The molecule has 4 heteroatoms. The van der Waals surface area contributed by atoms with E-state index in [1.807, 2.05) is 18.2 Å². The van der Waals surface area contributed by atoms with Gasteiger partial charge in [0.1, 0.15) is 0 Å². The van der Waals surface area contributed by atoms with Crippen LogP contribution in [0.4, 0.5) is 0 Å². The summed E-state index contributed by atoms with van der Waals surface area (Å²) >= 11 is 0. The third-order valence-electron chi connectivity index (χ3n) is 3.50. The van der Waals surface area contributed by atoms with E-state index in [-0.39, 0.29) is 0 Å². The lowest BCUT2D eigenvalue weighted by atomic mass is 9.80. The lowest BCUT2D eigenvalue weighted by Crippen LogP contribution is -2.45. The van der Waals surface area contributed by atoms with Crippen molar-refractivity contribution < 1.29 is 14.6 Å². The average molecular weight is 235 g/mol. The molecule has 0 aromatic heterocycles. The van der Waals surface area contributed by atoms with E-state index in [4.69, 9.17) is 9.47 Å². The molecule has 0 saturated heterocycles. The number of hydrogen-bond donors (Lipinski definition) is 2. The Morgan fingerprint density at radius 1 is 1.24 bits per heavy atom. The van der Waals surface area contributed by atoms with Crippen LogP contribution in [0.1, 0.15) is 24.8 Å². The quantitative estimate of drug-likeness (QED) is 0.828. The van der Waals surface area contributed by atoms with Crippen LogP contribution in [0.5, 0.6) is 11.5 Å². The van der Waals surface area contributed by atoms with E-state index < -0.39 is 5.60 Å². The SMILES string of the molecule is OC1(CNCc2ccc3c(c2)OCO3)CCC1. The summed E-state index contributed by atoms with van der Waals surface area (Å²) in [5.41, 5.74) is 0.688. The fourth-order valence-corrected chi connectivity index (χ4v) is 2.25. The van der Waals surface area contributed by atoms with E-state index in [0.717, 1.165) is 42.9 Å². The zero-order valence-corrected chi connectivity index (χ0v) is 9.74. The van der Waals surface area contributed by atoms with Crippen LogP contribution in [-0.4, -0.2) is 24.0 Å². The summed E-state index contributed by atoms with van der Waals surface area (Å²) in [7, 11) is 0. The Morgan fingerprint density at radius 2 is 2.06 bits per heavy atom. The zero-order chi connectivity index (χ0) is 11.7. The summed E-state index contributed by atoms with van der Waals surface area (Å²) in [5, 5.41) is 13.2. The summed E-state index contributed by atoms with van der Waals surface area (Å²) in [6, 6.07) is 5.93. The molecular weight excluding hydrogens is 218 g/mol. The molecule has 1 aliphatic heterocycles. The Hall–Kier alpha value is -1.26. The molecule has 1 aliphatic carbocycles. The van der Waals surface area contributed by atoms with Crippen LogP contribution >= 0.6 is 0 Å². The van der Waals surface area contributed by atoms with Crippen molar-refractivity contribution in [3.63, 3.8) is 0 Å². The third kappa shape index (κ3) is 2.23. The molecule has 0 amide bonds. The third-order valence-corrected chi connectivity index (χ3v) is 3.50. The smallest absolute Gasteiger partial charge is 0.231 e. The number of fused-ring (bicyclic) bond motifs is 1. The maximum absolute atomic E-state index is 9.94. The van der Waals surface area contributed by atoms with E-state index in [9.17, 15) is 5.11 Å². The summed E-state index contributed by atoms with van der Waals surface area (Å²) < 4.78 is 10.6. The molecule has 2 aliphatic rings. The van der Waals surface area contributed by atoms with Gasteiger partial charge in [-0.1, -0.05) is 6.07 Å². The first-order chi connectivity index (χ1) is 8.25. The summed E-state index contributed by atoms with van der Waals surface area (Å²) in [6.45, 7) is 1.73. The van der Waals surface area contributed by atoms with Gasteiger partial charge in [-0.15, -0.1) is 0 Å². The number of rotatable bonds is 4.